The van der Waals surface area contributed by atoms with E-state index in [-0.39, 0.29) is 12.0 Å². The molecule has 0 bridgehead atoms. The monoisotopic (exact) mass is 296 g/mol. The molecule has 0 spiro atoms. The van der Waals surface area contributed by atoms with Gasteiger partial charge in [-0.1, -0.05) is 19.8 Å². The summed E-state index contributed by atoms with van der Waals surface area (Å²) in [6.45, 7) is 2.62. The third-order valence-electron chi connectivity index (χ3n) is 3.80. The minimum Gasteiger partial charge on any atom is -0.496 e. The molecular weight excluding hydrogens is 268 g/mol. The van der Waals surface area contributed by atoms with E-state index in [4.69, 9.17) is 25.7 Å². The van der Waals surface area contributed by atoms with Gasteiger partial charge < -0.3 is 25.7 Å². The van der Waals surface area contributed by atoms with E-state index in [0.717, 1.165) is 30.6 Å². The summed E-state index contributed by atoms with van der Waals surface area (Å²) < 4.78 is 16.2. The molecule has 0 aliphatic carbocycles. The highest BCUT2D eigenvalue weighted by Gasteiger charge is 2.24. The molecule has 120 valence electrons. The fraction of sp³-hybridized carbons (Fsp3) is 0.625. The first kappa shape index (κ1) is 17.6. The van der Waals surface area contributed by atoms with Crippen molar-refractivity contribution in [1.29, 1.82) is 0 Å². The van der Waals surface area contributed by atoms with Crippen molar-refractivity contribution in [2.45, 2.75) is 38.1 Å². The van der Waals surface area contributed by atoms with Gasteiger partial charge in [-0.2, -0.15) is 0 Å². The van der Waals surface area contributed by atoms with Gasteiger partial charge in [0.15, 0.2) is 11.5 Å². The highest BCUT2D eigenvalue weighted by atomic mass is 16.5. The van der Waals surface area contributed by atoms with Crippen LogP contribution in [-0.2, 0) is 0 Å². The lowest BCUT2D eigenvalue weighted by molar-refractivity contribution is 0.344. The molecule has 0 amide bonds. The van der Waals surface area contributed by atoms with Crippen LogP contribution in [-0.4, -0.2) is 33.9 Å². The second kappa shape index (κ2) is 8.74. The first-order valence-electron chi connectivity index (χ1n) is 7.38. The van der Waals surface area contributed by atoms with Gasteiger partial charge in [-0.05, 0) is 12.5 Å². The normalized spacial score (nSPS) is 13.6. The van der Waals surface area contributed by atoms with Crippen molar-refractivity contribution in [3.05, 3.63) is 17.7 Å². The first-order valence-corrected chi connectivity index (χ1v) is 7.38. The molecule has 1 aromatic rings. The van der Waals surface area contributed by atoms with Crippen molar-refractivity contribution in [3.8, 4) is 17.2 Å². The van der Waals surface area contributed by atoms with E-state index >= 15 is 0 Å². The SMILES string of the molecule is CCCCC(N)C(CN)c1cc(OC)c(OC)cc1OC. The number of hydrogen-bond acceptors (Lipinski definition) is 5. The Bertz CT molecular complexity index is 438. The molecule has 0 radical (unpaired) electrons. The minimum atomic E-state index is 0.00181. The van der Waals surface area contributed by atoms with Crippen LogP contribution in [0, 0.1) is 0 Å². The van der Waals surface area contributed by atoms with Gasteiger partial charge in [0.25, 0.3) is 0 Å². The molecule has 0 aliphatic heterocycles. The number of benzene rings is 1. The molecule has 0 fully saturated rings. The molecule has 2 unspecified atom stereocenters. The summed E-state index contributed by atoms with van der Waals surface area (Å²) in [6.07, 6.45) is 3.15. The Morgan fingerprint density at radius 3 is 2.05 bits per heavy atom. The zero-order chi connectivity index (χ0) is 15.8. The van der Waals surface area contributed by atoms with Crippen LogP contribution in [0.5, 0.6) is 17.2 Å². The molecule has 1 aromatic carbocycles. The highest BCUT2D eigenvalue weighted by Crippen LogP contribution is 2.39. The van der Waals surface area contributed by atoms with Crippen LogP contribution in [0.3, 0.4) is 0 Å². The fourth-order valence-electron chi connectivity index (χ4n) is 2.52. The van der Waals surface area contributed by atoms with Gasteiger partial charge in [0.05, 0.1) is 21.3 Å². The molecule has 5 nitrogen and oxygen atoms in total. The van der Waals surface area contributed by atoms with Crippen LogP contribution in [0.1, 0.15) is 37.7 Å². The van der Waals surface area contributed by atoms with Crippen LogP contribution < -0.4 is 25.7 Å². The molecule has 0 saturated heterocycles. The number of ether oxygens (including phenoxy) is 3. The minimum absolute atomic E-state index is 0.00181. The smallest absolute Gasteiger partial charge is 0.164 e. The van der Waals surface area contributed by atoms with Gasteiger partial charge in [-0.25, -0.2) is 0 Å². The van der Waals surface area contributed by atoms with Crippen molar-refractivity contribution < 1.29 is 14.2 Å². The molecular formula is C16H28N2O3. The number of methoxy groups -OCH3 is 3. The maximum Gasteiger partial charge on any atom is 0.164 e. The molecule has 5 heteroatoms. The van der Waals surface area contributed by atoms with Gasteiger partial charge in [0.2, 0.25) is 0 Å². The van der Waals surface area contributed by atoms with Gasteiger partial charge in [0.1, 0.15) is 5.75 Å². The highest BCUT2D eigenvalue weighted by molar-refractivity contribution is 5.52. The van der Waals surface area contributed by atoms with E-state index in [0.29, 0.717) is 18.0 Å². The van der Waals surface area contributed by atoms with E-state index in [1.807, 2.05) is 12.1 Å². The molecule has 21 heavy (non-hydrogen) atoms. The summed E-state index contributed by atoms with van der Waals surface area (Å²) >= 11 is 0. The maximum absolute atomic E-state index is 6.32. The molecule has 4 N–H and O–H groups in total. The zero-order valence-corrected chi connectivity index (χ0v) is 13.5. The lowest BCUT2D eigenvalue weighted by Gasteiger charge is -2.25. The Hall–Kier alpha value is -1.46. The predicted octanol–water partition coefficient (Wildman–Crippen LogP) is 2.27. The number of rotatable bonds is 9. The largest absolute Gasteiger partial charge is 0.496 e. The Kier molecular flexibility index (Phi) is 7.32. The zero-order valence-electron chi connectivity index (χ0n) is 13.5. The third-order valence-corrected chi connectivity index (χ3v) is 3.80. The van der Waals surface area contributed by atoms with E-state index in [9.17, 15) is 0 Å². The van der Waals surface area contributed by atoms with Crippen molar-refractivity contribution in [2.75, 3.05) is 27.9 Å². The molecule has 1 rings (SSSR count). The lowest BCUT2D eigenvalue weighted by atomic mass is 9.88. The summed E-state index contributed by atoms with van der Waals surface area (Å²) in [4.78, 5) is 0. The topological polar surface area (TPSA) is 79.7 Å². The van der Waals surface area contributed by atoms with E-state index < -0.39 is 0 Å². The quantitative estimate of drug-likeness (QED) is 0.730. The van der Waals surface area contributed by atoms with Crippen LogP contribution in [0.4, 0.5) is 0 Å². The molecule has 0 aliphatic rings. The van der Waals surface area contributed by atoms with Gasteiger partial charge >= 0.3 is 0 Å². The number of nitrogens with two attached hydrogens (primary N) is 2. The Morgan fingerprint density at radius 1 is 1.00 bits per heavy atom. The second-order valence-electron chi connectivity index (χ2n) is 5.10. The molecule has 0 heterocycles. The van der Waals surface area contributed by atoms with E-state index in [1.165, 1.54) is 0 Å². The van der Waals surface area contributed by atoms with Gasteiger partial charge in [-0.15, -0.1) is 0 Å². The van der Waals surface area contributed by atoms with Gasteiger partial charge in [0, 0.05) is 30.1 Å². The predicted molar refractivity (Wildman–Crippen MR) is 85.4 cm³/mol. The lowest BCUT2D eigenvalue weighted by Crippen LogP contribution is -2.33. The first-order chi connectivity index (χ1) is 10.1. The molecule has 0 aromatic heterocycles. The summed E-state index contributed by atoms with van der Waals surface area (Å²) in [5, 5.41) is 0. The Balaban J connectivity index is 3.17. The van der Waals surface area contributed by atoms with E-state index in [1.54, 1.807) is 21.3 Å². The van der Waals surface area contributed by atoms with E-state index in [2.05, 4.69) is 6.92 Å². The summed E-state index contributed by atoms with van der Waals surface area (Å²) in [5.41, 5.74) is 13.3. The van der Waals surface area contributed by atoms with Crippen molar-refractivity contribution >= 4 is 0 Å². The Morgan fingerprint density at radius 2 is 1.57 bits per heavy atom. The van der Waals surface area contributed by atoms with Gasteiger partial charge in [-0.3, -0.25) is 0 Å². The average molecular weight is 296 g/mol. The van der Waals surface area contributed by atoms with Crippen molar-refractivity contribution in [3.63, 3.8) is 0 Å². The summed E-state index contributed by atoms with van der Waals surface area (Å²) in [5.74, 6) is 2.06. The summed E-state index contributed by atoms with van der Waals surface area (Å²) in [7, 11) is 4.85. The number of hydrogen-bond donors (Lipinski definition) is 2. The average Bonchev–Trinajstić information content (AvgIpc) is 2.52. The molecule has 2 atom stereocenters. The Labute approximate surface area is 127 Å². The second-order valence-corrected chi connectivity index (χ2v) is 5.10. The van der Waals surface area contributed by atoms with Crippen LogP contribution >= 0.6 is 0 Å². The van der Waals surface area contributed by atoms with Crippen LogP contribution in [0.2, 0.25) is 0 Å². The van der Waals surface area contributed by atoms with Crippen molar-refractivity contribution in [2.24, 2.45) is 11.5 Å². The van der Waals surface area contributed by atoms with Crippen LogP contribution in [0.25, 0.3) is 0 Å². The van der Waals surface area contributed by atoms with Crippen molar-refractivity contribution in [1.82, 2.24) is 0 Å². The molecule has 0 saturated carbocycles. The third kappa shape index (κ3) is 4.25. The van der Waals surface area contributed by atoms with Crippen LogP contribution in [0.15, 0.2) is 12.1 Å². The fourth-order valence-corrected chi connectivity index (χ4v) is 2.52. The maximum atomic E-state index is 6.32. The standard InChI is InChI=1S/C16H28N2O3/c1-5-6-7-13(18)12(10-17)11-8-15(20-3)16(21-4)9-14(11)19-2/h8-9,12-13H,5-7,10,17-18H2,1-4H3. The number of unbranched alkanes of at least 4 members (excludes halogenated alkanes) is 1. The summed E-state index contributed by atoms with van der Waals surface area (Å²) in [6, 6.07) is 3.74.